The van der Waals surface area contributed by atoms with Crippen LogP contribution >= 0.6 is 0 Å². The molecule has 0 spiro atoms. The van der Waals surface area contributed by atoms with Crippen LogP contribution in [0, 0.1) is 0 Å². The topological polar surface area (TPSA) is 13.1 Å². The van der Waals surface area contributed by atoms with Gasteiger partial charge in [-0.1, -0.05) is 139 Å². The fraction of sp³-hybridized carbons (Fsp3) is 0. The molecule has 200 valence electrons. The Morgan fingerprint density at radius 1 is 0.372 bits per heavy atom. The second-order valence-corrected chi connectivity index (χ2v) is 9.26. The number of fused-ring (bicyclic) bond motifs is 6. The molecule has 0 saturated heterocycles. The molecule has 0 amide bonds. The Hall–Kier alpha value is -5.66. The van der Waals surface area contributed by atoms with Gasteiger partial charge in [0.1, 0.15) is 11.2 Å². The summed E-state index contributed by atoms with van der Waals surface area (Å²) in [6.07, 6.45) is 0. The summed E-state index contributed by atoms with van der Waals surface area (Å²) in [5, 5.41) is -5.11. The Kier molecular flexibility index (Phi) is 2.13. The predicted molar refractivity (Wildman–Crippen MR) is 183 cm³/mol. The van der Waals surface area contributed by atoms with Gasteiger partial charge in [-0.15, -0.1) is 0 Å². The fourth-order valence-electron chi connectivity index (χ4n) is 5.13. The first-order valence-corrected chi connectivity index (χ1v) is 12.7. The molecule has 0 aliphatic rings. The third kappa shape index (κ3) is 3.72. The van der Waals surface area contributed by atoms with Crippen LogP contribution in [0.2, 0.25) is 0 Å². The largest absolute Gasteiger partial charge is 0.455 e. The zero-order valence-electron chi connectivity index (χ0n) is 47.4. The Bertz CT molecular complexity index is 3860. The van der Waals surface area contributed by atoms with Gasteiger partial charge in [-0.05, 0) is 72.7 Å². The number of hydrogen-bond acceptors (Lipinski definition) is 1. The maximum absolute atomic E-state index is 9.74. The third-order valence-electron chi connectivity index (χ3n) is 6.94. The summed E-state index contributed by atoms with van der Waals surface area (Å²) in [5.74, 6) is 0. The summed E-state index contributed by atoms with van der Waals surface area (Å²) in [7, 11) is 0. The number of para-hydroxylation sites is 2. The Morgan fingerprint density at radius 2 is 0.930 bits per heavy atom. The molecule has 1 heteroatoms. The van der Waals surface area contributed by atoms with Crippen molar-refractivity contribution < 1.29 is 40.1 Å². The highest BCUT2D eigenvalue weighted by Crippen LogP contribution is 2.46. The molecule has 1 nitrogen and oxygen atoms in total. The molecule has 0 N–H and O–H groups in total. The minimum atomic E-state index is -1.01. The van der Waals surface area contributed by atoms with Crippen molar-refractivity contribution in [3.63, 3.8) is 0 Å². The smallest absolute Gasteiger partial charge is 0.143 e. The molecule has 1 aromatic heterocycles. The van der Waals surface area contributed by atoms with E-state index in [4.69, 9.17) is 27.7 Å². The fourth-order valence-corrected chi connectivity index (χ4v) is 5.13. The molecule has 8 aromatic carbocycles. The lowest BCUT2D eigenvalue weighted by atomic mass is 9.85. The maximum atomic E-state index is 9.74. The lowest BCUT2D eigenvalue weighted by molar-refractivity contribution is 0.670. The second kappa shape index (κ2) is 9.44. The molecule has 0 unspecified atom stereocenters. The molecule has 9 aromatic rings. The summed E-state index contributed by atoms with van der Waals surface area (Å²) < 4.78 is 238. The van der Waals surface area contributed by atoms with E-state index in [0.29, 0.717) is 0 Å². The van der Waals surface area contributed by atoms with Gasteiger partial charge in [0, 0.05) is 21.9 Å². The van der Waals surface area contributed by atoms with E-state index in [0.717, 1.165) is 0 Å². The van der Waals surface area contributed by atoms with Crippen LogP contribution in [0.5, 0.6) is 0 Å². The summed E-state index contributed by atoms with van der Waals surface area (Å²) in [6, 6.07) is -23.5. The average molecular weight is 573 g/mol. The lowest BCUT2D eigenvalue weighted by Crippen LogP contribution is -1.91. The molecular formula is C42H26O. The highest BCUT2D eigenvalue weighted by molar-refractivity contribution is 6.24. The monoisotopic (exact) mass is 572 g/mol. The quantitative estimate of drug-likeness (QED) is 0.192. The van der Waals surface area contributed by atoms with Gasteiger partial charge >= 0.3 is 0 Å². The highest BCUT2D eigenvalue weighted by Gasteiger charge is 2.20. The first-order valence-electron chi connectivity index (χ1n) is 25.7. The average Bonchev–Trinajstić information content (AvgIpc) is 3.72. The normalized spacial score (nSPS) is 20.2. The Morgan fingerprint density at radius 3 is 1.65 bits per heavy atom. The first kappa shape index (κ1) is 9.69. The van der Waals surface area contributed by atoms with E-state index in [1.165, 1.54) is 0 Å². The van der Waals surface area contributed by atoms with E-state index in [1.54, 1.807) is 0 Å². The molecule has 0 aliphatic heterocycles. The van der Waals surface area contributed by atoms with E-state index < -0.39 is 245 Å². The molecule has 0 fully saturated rings. The molecule has 9 rings (SSSR count). The van der Waals surface area contributed by atoms with Gasteiger partial charge in [-0.25, -0.2) is 0 Å². The predicted octanol–water partition coefficient (Wildman–Crippen LogP) is 12.0. The van der Waals surface area contributed by atoms with Crippen molar-refractivity contribution in [2.24, 2.45) is 0 Å². The maximum Gasteiger partial charge on any atom is 0.143 e. The summed E-state index contributed by atoms with van der Waals surface area (Å²) in [4.78, 5) is 0. The van der Waals surface area contributed by atoms with Gasteiger partial charge in [-0.2, -0.15) is 0 Å². The number of benzene rings is 8. The number of hydrogen-bond donors (Lipinski definition) is 0. The molecule has 0 aliphatic carbocycles. The molecule has 43 heavy (non-hydrogen) atoms. The van der Waals surface area contributed by atoms with Crippen molar-refractivity contribution in [1.82, 2.24) is 0 Å². The zero-order valence-corrected chi connectivity index (χ0v) is 21.4. The SMILES string of the molecule is [2H]c1c([2H])c([2H])c(-c2c([2H])c([2H])c3c([2H])c([2H])c(-c4c5c([2H])c([2H])c([2H])c([2H])c5c(-c5c([2H])c([2H])c([2H])c6c5oc5c([2H])c([2H])c([2H])c([2H])c56)c5c([2H])c([2H])c([2H])c([2H])c45)c([2H])c3c2[2H])c([2H])c1[2H]. The molecule has 0 saturated carbocycles. The van der Waals surface area contributed by atoms with Crippen molar-refractivity contribution in [3.05, 3.63) is 157 Å². The Balaban J connectivity index is 1.61. The van der Waals surface area contributed by atoms with Gasteiger partial charge in [0.2, 0.25) is 0 Å². The second-order valence-electron chi connectivity index (χ2n) is 9.26. The molecule has 0 bridgehead atoms. The van der Waals surface area contributed by atoms with Crippen molar-refractivity contribution >= 4 is 54.3 Å². The Labute approximate surface area is 285 Å². The van der Waals surface area contributed by atoms with E-state index in [2.05, 4.69) is 0 Å². The van der Waals surface area contributed by atoms with Gasteiger partial charge in [-0.3, -0.25) is 0 Å². The summed E-state index contributed by atoms with van der Waals surface area (Å²) in [5.41, 5.74) is -5.51. The van der Waals surface area contributed by atoms with Gasteiger partial charge in [0.25, 0.3) is 0 Å². The summed E-state index contributed by atoms with van der Waals surface area (Å²) >= 11 is 0. The zero-order chi connectivity index (χ0) is 51.0. The highest BCUT2D eigenvalue weighted by atomic mass is 16.3. The van der Waals surface area contributed by atoms with E-state index >= 15 is 0 Å². The van der Waals surface area contributed by atoms with E-state index in [-0.39, 0.29) is 0 Å². The first-order chi connectivity index (χ1) is 32.2. The van der Waals surface area contributed by atoms with Crippen LogP contribution in [-0.4, -0.2) is 0 Å². The van der Waals surface area contributed by atoms with Crippen LogP contribution in [0.15, 0.2) is 162 Å². The number of rotatable bonds is 3. The van der Waals surface area contributed by atoms with Crippen molar-refractivity contribution in [2.45, 2.75) is 0 Å². The minimum absolute atomic E-state index is 0.416. The molecule has 0 atom stereocenters. The van der Waals surface area contributed by atoms with Crippen LogP contribution in [0.4, 0.5) is 0 Å². The van der Waals surface area contributed by atoms with Crippen LogP contribution in [-0.2, 0) is 0 Å². The molecule has 1 heterocycles. The van der Waals surface area contributed by atoms with Gasteiger partial charge in [0.15, 0.2) is 0 Å². The van der Waals surface area contributed by atoms with Crippen LogP contribution in [0.1, 0.15) is 35.6 Å². The third-order valence-corrected chi connectivity index (χ3v) is 6.94. The van der Waals surface area contributed by atoms with E-state index in [1.807, 2.05) is 0 Å². The van der Waals surface area contributed by atoms with Gasteiger partial charge in [0.05, 0.1) is 35.6 Å². The standard InChI is InChI=1S/C42H26O/c1-2-11-27(12-3-1)29-23-21-28-22-24-30(26-31(28)25-29)40-33-14-4-6-16-35(33)41(36-17-7-5-15-34(36)40)38-19-10-18-37-32-13-8-9-20-39(32)43-42(37)38/h1-26H/i1D,2D,3D,4D,5D,6D,7D,8D,9D,10D,11D,12D,13D,14D,15D,16D,17D,18D,19D,20D,21D,22D,23D,24D,25D,26D. The van der Waals surface area contributed by atoms with Crippen LogP contribution in [0.25, 0.3) is 87.6 Å². The van der Waals surface area contributed by atoms with Crippen molar-refractivity contribution in [2.75, 3.05) is 0 Å². The number of furan rings is 1. The van der Waals surface area contributed by atoms with Crippen molar-refractivity contribution in [3.8, 4) is 33.4 Å². The molecular weight excluding hydrogens is 520 g/mol. The van der Waals surface area contributed by atoms with Crippen LogP contribution in [0.3, 0.4) is 0 Å². The van der Waals surface area contributed by atoms with Crippen molar-refractivity contribution in [1.29, 1.82) is 0 Å². The molecule has 0 radical (unpaired) electrons. The van der Waals surface area contributed by atoms with Crippen LogP contribution < -0.4 is 0 Å². The van der Waals surface area contributed by atoms with E-state index in [9.17, 15) is 12.3 Å². The van der Waals surface area contributed by atoms with Gasteiger partial charge < -0.3 is 4.42 Å². The summed E-state index contributed by atoms with van der Waals surface area (Å²) in [6.45, 7) is 0. The lowest BCUT2D eigenvalue weighted by Gasteiger charge is -2.18. The minimum Gasteiger partial charge on any atom is -0.455 e.